The van der Waals surface area contributed by atoms with Crippen molar-refractivity contribution in [2.45, 2.75) is 19.8 Å². The number of carbonyl (C=O) groups excluding carboxylic acids is 1. The van der Waals surface area contributed by atoms with Crippen LogP contribution in [0.3, 0.4) is 0 Å². The molecule has 128 valence electrons. The number of hydrogen-bond acceptors (Lipinski definition) is 4. The molecule has 0 radical (unpaired) electrons. The van der Waals surface area contributed by atoms with Crippen molar-refractivity contribution in [2.75, 3.05) is 45.2 Å². The number of aliphatic hydroxyl groups is 1. The lowest BCUT2D eigenvalue weighted by molar-refractivity contribution is 0.121. The van der Waals surface area contributed by atoms with Gasteiger partial charge in [0.15, 0.2) is 0 Å². The van der Waals surface area contributed by atoms with E-state index in [0.29, 0.717) is 18.2 Å². The molecular formula is C17H27N3O3. The van der Waals surface area contributed by atoms with E-state index in [1.807, 2.05) is 25.1 Å². The summed E-state index contributed by atoms with van der Waals surface area (Å²) < 4.78 is 5.17. The highest BCUT2D eigenvalue weighted by Crippen LogP contribution is 2.21. The second kappa shape index (κ2) is 8.74. The van der Waals surface area contributed by atoms with E-state index in [2.05, 4.69) is 15.5 Å². The van der Waals surface area contributed by atoms with Crippen LogP contribution in [0, 0.1) is 12.8 Å². The molecule has 0 spiro atoms. The average molecular weight is 321 g/mol. The SMILES string of the molecule is COc1ccc(C)c(NC(=O)NCCN2CCC[C@@H](CO)C2)c1. The third kappa shape index (κ3) is 5.41. The van der Waals surface area contributed by atoms with E-state index in [4.69, 9.17) is 4.74 Å². The van der Waals surface area contributed by atoms with E-state index in [1.54, 1.807) is 7.11 Å². The maximum Gasteiger partial charge on any atom is 0.319 e. The number of rotatable bonds is 6. The molecule has 0 unspecified atom stereocenters. The zero-order valence-corrected chi connectivity index (χ0v) is 14.0. The van der Waals surface area contributed by atoms with Gasteiger partial charge in [-0.05, 0) is 43.9 Å². The van der Waals surface area contributed by atoms with Crippen molar-refractivity contribution in [1.29, 1.82) is 0 Å². The van der Waals surface area contributed by atoms with E-state index in [0.717, 1.165) is 43.7 Å². The number of nitrogens with zero attached hydrogens (tertiary/aromatic N) is 1. The minimum Gasteiger partial charge on any atom is -0.497 e. The summed E-state index contributed by atoms with van der Waals surface area (Å²) in [7, 11) is 1.60. The molecule has 1 aromatic carbocycles. The molecule has 1 saturated heterocycles. The predicted molar refractivity (Wildman–Crippen MR) is 91.0 cm³/mol. The Morgan fingerprint density at radius 2 is 2.30 bits per heavy atom. The molecule has 3 N–H and O–H groups in total. The molecule has 23 heavy (non-hydrogen) atoms. The number of aliphatic hydroxyl groups excluding tert-OH is 1. The first-order valence-corrected chi connectivity index (χ1v) is 8.15. The number of aryl methyl sites for hydroxylation is 1. The zero-order chi connectivity index (χ0) is 16.7. The van der Waals surface area contributed by atoms with Crippen LogP contribution in [-0.2, 0) is 0 Å². The summed E-state index contributed by atoms with van der Waals surface area (Å²) in [6, 6.07) is 5.38. The van der Waals surface area contributed by atoms with Gasteiger partial charge in [-0.1, -0.05) is 6.07 Å². The molecule has 1 aliphatic heterocycles. The van der Waals surface area contributed by atoms with Gasteiger partial charge in [0.1, 0.15) is 5.75 Å². The van der Waals surface area contributed by atoms with Gasteiger partial charge >= 0.3 is 6.03 Å². The van der Waals surface area contributed by atoms with Crippen LogP contribution in [0.15, 0.2) is 18.2 Å². The average Bonchev–Trinajstić information content (AvgIpc) is 2.57. The first-order chi connectivity index (χ1) is 11.1. The number of hydrogen-bond donors (Lipinski definition) is 3. The van der Waals surface area contributed by atoms with Gasteiger partial charge in [0.05, 0.1) is 7.11 Å². The van der Waals surface area contributed by atoms with Crippen LogP contribution in [-0.4, -0.2) is 55.9 Å². The number of nitrogens with one attached hydrogen (secondary N) is 2. The van der Waals surface area contributed by atoms with Crippen LogP contribution in [0.2, 0.25) is 0 Å². The monoisotopic (exact) mass is 321 g/mol. The van der Waals surface area contributed by atoms with Crippen molar-refractivity contribution >= 4 is 11.7 Å². The lowest BCUT2D eigenvalue weighted by Crippen LogP contribution is -2.42. The van der Waals surface area contributed by atoms with Crippen molar-refractivity contribution in [3.8, 4) is 5.75 Å². The van der Waals surface area contributed by atoms with Gasteiger partial charge in [-0.2, -0.15) is 0 Å². The summed E-state index contributed by atoms with van der Waals surface area (Å²) in [4.78, 5) is 14.3. The van der Waals surface area contributed by atoms with Crippen LogP contribution >= 0.6 is 0 Å². The Kier molecular flexibility index (Phi) is 6.67. The predicted octanol–water partition coefficient (Wildman–Crippen LogP) is 1.83. The van der Waals surface area contributed by atoms with Crippen molar-refractivity contribution in [2.24, 2.45) is 5.92 Å². The van der Waals surface area contributed by atoms with E-state index in [9.17, 15) is 9.90 Å². The molecule has 0 aromatic heterocycles. The Morgan fingerprint density at radius 3 is 3.04 bits per heavy atom. The highest BCUT2D eigenvalue weighted by molar-refractivity contribution is 5.90. The molecule has 1 heterocycles. The molecule has 1 fully saturated rings. The van der Waals surface area contributed by atoms with Gasteiger partial charge < -0.3 is 25.4 Å². The van der Waals surface area contributed by atoms with Crippen LogP contribution in [0.5, 0.6) is 5.75 Å². The van der Waals surface area contributed by atoms with Gasteiger partial charge in [0.2, 0.25) is 0 Å². The van der Waals surface area contributed by atoms with E-state index >= 15 is 0 Å². The summed E-state index contributed by atoms with van der Waals surface area (Å²) in [5.41, 5.74) is 1.74. The van der Waals surface area contributed by atoms with Crippen LogP contribution in [0.25, 0.3) is 0 Å². The fourth-order valence-electron chi connectivity index (χ4n) is 2.86. The fraction of sp³-hybridized carbons (Fsp3) is 0.588. The van der Waals surface area contributed by atoms with Gasteiger partial charge in [-0.15, -0.1) is 0 Å². The largest absolute Gasteiger partial charge is 0.497 e. The number of anilines is 1. The molecule has 0 bridgehead atoms. The number of methoxy groups -OCH3 is 1. The standard InChI is InChI=1S/C17H27N3O3/c1-13-5-6-15(23-2)10-16(13)19-17(22)18-7-9-20-8-3-4-14(11-20)12-21/h5-6,10,14,21H,3-4,7-9,11-12H2,1-2H3,(H2,18,19,22)/t14-/m1/s1. The molecule has 1 aliphatic rings. The van der Waals surface area contributed by atoms with E-state index in [-0.39, 0.29) is 12.6 Å². The first kappa shape index (κ1) is 17.6. The molecule has 0 saturated carbocycles. The summed E-state index contributed by atoms with van der Waals surface area (Å²) in [5.74, 6) is 1.09. The van der Waals surface area contributed by atoms with Crippen LogP contribution < -0.4 is 15.4 Å². The summed E-state index contributed by atoms with van der Waals surface area (Å²) >= 11 is 0. The van der Waals surface area contributed by atoms with Gasteiger partial charge in [-0.3, -0.25) is 0 Å². The summed E-state index contributed by atoms with van der Waals surface area (Å²) in [6.45, 7) is 5.54. The third-order valence-electron chi connectivity index (χ3n) is 4.27. The number of urea groups is 1. The van der Waals surface area contributed by atoms with Crippen LogP contribution in [0.4, 0.5) is 10.5 Å². The lowest BCUT2D eigenvalue weighted by atomic mass is 9.99. The molecule has 1 atom stereocenters. The summed E-state index contributed by atoms with van der Waals surface area (Å²) in [5, 5.41) is 15.0. The Hall–Kier alpha value is -1.79. The third-order valence-corrected chi connectivity index (χ3v) is 4.27. The normalized spacial score (nSPS) is 18.5. The Morgan fingerprint density at radius 1 is 1.48 bits per heavy atom. The Bertz CT molecular complexity index is 522. The smallest absolute Gasteiger partial charge is 0.319 e. The Balaban J connectivity index is 1.75. The topological polar surface area (TPSA) is 73.8 Å². The Labute approximate surface area is 137 Å². The number of ether oxygens (including phenoxy) is 1. The minimum atomic E-state index is -0.211. The number of likely N-dealkylation sites (tertiary alicyclic amines) is 1. The second-order valence-corrected chi connectivity index (χ2v) is 6.05. The number of benzene rings is 1. The van der Waals surface area contributed by atoms with Crippen LogP contribution in [0.1, 0.15) is 18.4 Å². The van der Waals surface area contributed by atoms with Gasteiger partial charge in [-0.25, -0.2) is 4.79 Å². The molecule has 2 amide bonds. The molecule has 1 aromatic rings. The quantitative estimate of drug-likeness (QED) is 0.747. The summed E-state index contributed by atoms with van der Waals surface area (Å²) in [6.07, 6.45) is 2.20. The molecule has 2 rings (SSSR count). The van der Waals surface area contributed by atoms with Gasteiger partial charge in [0.25, 0.3) is 0 Å². The van der Waals surface area contributed by atoms with Crippen molar-refractivity contribution in [3.05, 3.63) is 23.8 Å². The molecular weight excluding hydrogens is 294 g/mol. The van der Waals surface area contributed by atoms with E-state index < -0.39 is 0 Å². The lowest BCUT2D eigenvalue weighted by Gasteiger charge is -2.31. The van der Waals surface area contributed by atoms with Crippen molar-refractivity contribution < 1.29 is 14.6 Å². The molecule has 6 nitrogen and oxygen atoms in total. The van der Waals surface area contributed by atoms with E-state index in [1.165, 1.54) is 0 Å². The zero-order valence-electron chi connectivity index (χ0n) is 14.0. The highest BCUT2D eigenvalue weighted by Gasteiger charge is 2.18. The first-order valence-electron chi connectivity index (χ1n) is 8.15. The maximum absolute atomic E-state index is 12.0. The number of carbonyl (C=O) groups is 1. The van der Waals surface area contributed by atoms with Crippen molar-refractivity contribution in [3.63, 3.8) is 0 Å². The number of amides is 2. The second-order valence-electron chi connectivity index (χ2n) is 6.05. The number of piperidine rings is 1. The van der Waals surface area contributed by atoms with Gasteiger partial charge in [0, 0.05) is 38.0 Å². The van der Waals surface area contributed by atoms with Crippen molar-refractivity contribution in [1.82, 2.24) is 10.2 Å². The highest BCUT2D eigenvalue weighted by atomic mass is 16.5. The minimum absolute atomic E-state index is 0.211. The maximum atomic E-state index is 12.0. The molecule has 6 heteroatoms. The molecule has 0 aliphatic carbocycles. The fourth-order valence-corrected chi connectivity index (χ4v) is 2.86.